The van der Waals surface area contributed by atoms with Gasteiger partial charge >= 0.3 is 0 Å². The summed E-state index contributed by atoms with van der Waals surface area (Å²) in [5.74, 6) is 0. The van der Waals surface area contributed by atoms with Gasteiger partial charge in [0.25, 0.3) is 0 Å². The molecule has 16 heavy (non-hydrogen) atoms. The second kappa shape index (κ2) is 3.65. The van der Waals surface area contributed by atoms with E-state index in [0.717, 1.165) is 11.3 Å². The third-order valence-electron chi connectivity index (χ3n) is 2.74. The fourth-order valence-corrected chi connectivity index (χ4v) is 2.78. The fourth-order valence-electron chi connectivity index (χ4n) is 1.92. The van der Waals surface area contributed by atoms with E-state index in [1.807, 2.05) is 18.2 Å². The summed E-state index contributed by atoms with van der Waals surface area (Å²) >= 11 is 1.70. The number of hydrogen-bond acceptors (Lipinski definition) is 2. The third-order valence-corrected chi connectivity index (χ3v) is 3.71. The molecule has 0 bridgehead atoms. The number of nitrogen functional groups attached to an aromatic ring is 1. The van der Waals surface area contributed by atoms with Crippen molar-refractivity contribution in [2.24, 2.45) is 0 Å². The zero-order valence-corrected chi connectivity index (χ0v) is 9.50. The molecule has 2 N–H and O–H groups in total. The molecule has 0 aliphatic carbocycles. The van der Waals surface area contributed by atoms with Crippen LogP contribution in [0, 0.1) is 0 Å². The minimum Gasteiger partial charge on any atom is -0.397 e. The Morgan fingerprint density at radius 3 is 2.50 bits per heavy atom. The number of rotatable bonds is 1. The Morgan fingerprint density at radius 1 is 0.875 bits per heavy atom. The predicted octanol–water partition coefficient (Wildman–Crippen LogP) is 4.15. The maximum atomic E-state index is 6.21. The van der Waals surface area contributed by atoms with Crippen LogP contribution in [0.15, 0.2) is 53.9 Å². The van der Waals surface area contributed by atoms with E-state index >= 15 is 0 Å². The topological polar surface area (TPSA) is 26.0 Å². The van der Waals surface area contributed by atoms with Crippen LogP contribution >= 0.6 is 11.3 Å². The second-order valence-electron chi connectivity index (χ2n) is 3.73. The van der Waals surface area contributed by atoms with Crippen molar-refractivity contribution < 1.29 is 0 Å². The van der Waals surface area contributed by atoms with Gasteiger partial charge in [0.2, 0.25) is 0 Å². The molecule has 0 amide bonds. The van der Waals surface area contributed by atoms with E-state index in [9.17, 15) is 0 Å². The van der Waals surface area contributed by atoms with Crippen LogP contribution in [0.5, 0.6) is 0 Å². The van der Waals surface area contributed by atoms with Crippen molar-refractivity contribution in [3.05, 3.63) is 53.9 Å². The van der Waals surface area contributed by atoms with Gasteiger partial charge in [0.15, 0.2) is 0 Å². The van der Waals surface area contributed by atoms with Gasteiger partial charge in [-0.1, -0.05) is 42.5 Å². The van der Waals surface area contributed by atoms with Crippen LogP contribution in [-0.2, 0) is 0 Å². The molecule has 3 aromatic rings. The third kappa shape index (κ3) is 1.39. The van der Waals surface area contributed by atoms with Crippen molar-refractivity contribution in [1.29, 1.82) is 0 Å². The molecule has 1 heterocycles. The molecule has 3 rings (SSSR count). The molecule has 1 aromatic heterocycles. The summed E-state index contributed by atoms with van der Waals surface area (Å²) in [6.07, 6.45) is 0. The van der Waals surface area contributed by atoms with Crippen LogP contribution < -0.4 is 5.73 Å². The lowest BCUT2D eigenvalue weighted by Gasteiger charge is -2.06. The van der Waals surface area contributed by atoms with Gasteiger partial charge in [0.05, 0.1) is 10.4 Å². The smallest absolute Gasteiger partial charge is 0.0578 e. The molecule has 0 fully saturated rings. The average Bonchev–Trinajstić information content (AvgIpc) is 2.80. The van der Waals surface area contributed by atoms with Gasteiger partial charge in [0.1, 0.15) is 0 Å². The van der Waals surface area contributed by atoms with E-state index in [1.54, 1.807) is 11.3 Å². The first kappa shape index (κ1) is 9.43. The van der Waals surface area contributed by atoms with Gasteiger partial charge in [-0.2, -0.15) is 0 Å². The van der Waals surface area contributed by atoms with Gasteiger partial charge in [-0.05, 0) is 22.4 Å². The van der Waals surface area contributed by atoms with Crippen molar-refractivity contribution in [2.75, 3.05) is 5.73 Å². The van der Waals surface area contributed by atoms with Gasteiger partial charge in [-0.25, -0.2) is 0 Å². The quantitative estimate of drug-likeness (QED) is 0.618. The number of anilines is 1. The highest BCUT2D eigenvalue weighted by atomic mass is 32.1. The number of fused-ring (bicyclic) bond motifs is 1. The van der Waals surface area contributed by atoms with Crippen molar-refractivity contribution in [2.45, 2.75) is 0 Å². The van der Waals surface area contributed by atoms with Crippen molar-refractivity contribution >= 4 is 27.1 Å². The highest BCUT2D eigenvalue weighted by Crippen LogP contribution is 2.35. The molecular formula is C14H11NS. The summed E-state index contributed by atoms with van der Waals surface area (Å²) in [5.41, 5.74) is 9.39. The zero-order valence-electron chi connectivity index (χ0n) is 8.68. The van der Waals surface area contributed by atoms with Crippen LogP contribution in [0.3, 0.4) is 0 Å². The summed E-state index contributed by atoms with van der Waals surface area (Å²) in [4.78, 5) is 0. The summed E-state index contributed by atoms with van der Waals surface area (Å²) < 4.78 is 1.18. The Bertz CT molecular complexity index is 626. The summed E-state index contributed by atoms with van der Waals surface area (Å²) in [7, 11) is 0. The first-order chi connectivity index (χ1) is 7.86. The van der Waals surface area contributed by atoms with Crippen LogP contribution in [0.4, 0.5) is 5.69 Å². The number of hydrogen-bond donors (Lipinski definition) is 1. The number of nitrogens with two attached hydrogens (primary N) is 1. The minimum atomic E-state index is 0.888. The standard InChI is InChI=1S/C14H11NS/c15-13-12(10-4-2-1-3-5-10)7-6-11-8-9-16-14(11)13/h1-9H,15H2. The van der Waals surface area contributed by atoms with Gasteiger partial charge in [-0.3, -0.25) is 0 Å². The molecule has 78 valence electrons. The molecule has 0 saturated carbocycles. The highest BCUT2D eigenvalue weighted by Gasteiger charge is 2.06. The summed E-state index contributed by atoms with van der Waals surface area (Å²) in [5, 5.41) is 3.30. The Labute approximate surface area is 98.2 Å². The largest absolute Gasteiger partial charge is 0.397 e. The fraction of sp³-hybridized carbons (Fsp3) is 0. The van der Waals surface area contributed by atoms with Gasteiger partial charge in [0, 0.05) is 5.56 Å². The van der Waals surface area contributed by atoms with Crippen molar-refractivity contribution in [3.63, 3.8) is 0 Å². The zero-order chi connectivity index (χ0) is 11.0. The van der Waals surface area contributed by atoms with Crippen LogP contribution in [0.1, 0.15) is 0 Å². The predicted molar refractivity (Wildman–Crippen MR) is 71.7 cm³/mol. The van der Waals surface area contributed by atoms with Crippen LogP contribution in [0.2, 0.25) is 0 Å². The molecule has 1 nitrogen and oxygen atoms in total. The molecule has 0 unspecified atom stereocenters. The van der Waals surface area contributed by atoms with Crippen LogP contribution in [-0.4, -0.2) is 0 Å². The molecule has 0 atom stereocenters. The lowest BCUT2D eigenvalue weighted by atomic mass is 10.0. The maximum absolute atomic E-state index is 6.21. The molecule has 0 radical (unpaired) electrons. The lowest BCUT2D eigenvalue weighted by Crippen LogP contribution is -1.89. The molecule has 2 aromatic carbocycles. The van der Waals surface area contributed by atoms with Gasteiger partial charge < -0.3 is 5.73 Å². The van der Waals surface area contributed by atoms with E-state index in [2.05, 4.69) is 35.7 Å². The molecular weight excluding hydrogens is 214 g/mol. The first-order valence-corrected chi connectivity index (χ1v) is 6.05. The Hall–Kier alpha value is -1.80. The monoisotopic (exact) mass is 225 g/mol. The van der Waals surface area contributed by atoms with E-state index < -0.39 is 0 Å². The maximum Gasteiger partial charge on any atom is 0.0578 e. The van der Waals surface area contributed by atoms with E-state index in [-0.39, 0.29) is 0 Å². The van der Waals surface area contributed by atoms with Gasteiger partial charge in [-0.15, -0.1) is 11.3 Å². The van der Waals surface area contributed by atoms with E-state index in [1.165, 1.54) is 15.6 Å². The normalized spacial score (nSPS) is 10.8. The molecule has 0 spiro atoms. The van der Waals surface area contributed by atoms with Crippen molar-refractivity contribution in [3.8, 4) is 11.1 Å². The lowest BCUT2D eigenvalue weighted by molar-refractivity contribution is 1.65. The van der Waals surface area contributed by atoms with E-state index in [0.29, 0.717) is 0 Å². The van der Waals surface area contributed by atoms with Crippen LogP contribution in [0.25, 0.3) is 21.2 Å². The molecule has 2 heteroatoms. The summed E-state index contributed by atoms with van der Waals surface area (Å²) in [6.45, 7) is 0. The summed E-state index contributed by atoms with van der Waals surface area (Å²) in [6, 6.07) is 16.6. The first-order valence-electron chi connectivity index (χ1n) is 5.17. The van der Waals surface area contributed by atoms with E-state index in [4.69, 9.17) is 5.73 Å². The number of benzene rings is 2. The molecule has 0 aliphatic heterocycles. The second-order valence-corrected chi connectivity index (χ2v) is 4.65. The van der Waals surface area contributed by atoms with Crippen molar-refractivity contribution in [1.82, 2.24) is 0 Å². The SMILES string of the molecule is Nc1c(-c2ccccc2)ccc2ccsc12. The molecule has 0 saturated heterocycles. The molecule has 0 aliphatic rings. The number of thiophene rings is 1. The Morgan fingerprint density at radius 2 is 1.69 bits per heavy atom. The Balaban J connectivity index is 2.28. The highest BCUT2D eigenvalue weighted by molar-refractivity contribution is 7.17. The average molecular weight is 225 g/mol. The Kier molecular flexibility index (Phi) is 2.15. The minimum absolute atomic E-state index is 0.888.